The number of ether oxygens (including phenoxy) is 1. The molecule has 94 valence electrons. The van der Waals surface area contributed by atoms with Crippen LogP contribution in [0.3, 0.4) is 0 Å². The molecule has 0 aliphatic rings. The highest BCUT2D eigenvalue weighted by atomic mass is 16.5. The minimum absolute atomic E-state index is 0.0871. The summed E-state index contributed by atoms with van der Waals surface area (Å²) < 4.78 is 5.10. The molecule has 0 aromatic heterocycles. The molecule has 0 rings (SSSR count). The molecule has 0 saturated heterocycles. The van der Waals surface area contributed by atoms with Gasteiger partial charge in [0.15, 0.2) is 0 Å². The lowest BCUT2D eigenvalue weighted by atomic mass is 10.0. The SMILES string of the molecule is C=C(C)C(=O)OCCN(C(C)C)C(C)(C)C. The molecule has 0 unspecified atom stereocenters. The summed E-state index contributed by atoms with van der Waals surface area (Å²) in [6, 6.07) is 0.434. The van der Waals surface area contributed by atoms with E-state index in [1.165, 1.54) is 0 Å². The summed E-state index contributed by atoms with van der Waals surface area (Å²) >= 11 is 0. The Labute approximate surface area is 99.5 Å². The summed E-state index contributed by atoms with van der Waals surface area (Å²) in [4.78, 5) is 13.5. The van der Waals surface area contributed by atoms with Crippen molar-refractivity contribution in [1.29, 1.82) is 0 Å². The van der Waals surface area contributed by atoms with Crippen molar-refractivity contribution < 1.29 is 9.53 Å². The molecule has 0 radical (unpaired) electrons. The highest BCUT2D eigenvalue weighted by Crippen LogP contribution is 2.16. The van der Waals surface area contributed by atoms with Gasteiger partial charge >= 0.3 is 5.97 Å². The second-order valence-corrected chi connectivity index (χ2v) is 5.37. The smallest absolute Gasteiger partial charge is 0.333 e. The maximum atomic E-state index is 11.2. The van der Waals surface area contributed by atoms with Crippen LogP contribution in [0, 0.1) is 0 Å². The van der Waals surface area contributed by atoms with E-state index in [4.69, 9.17) is 4.74 Å². The van der Waals surface area contributed by atoms with Crippen LogP contribution in [-0.2, 0) is 9.53 Å². The molecule has 3 heteroatoms. The molecule has 0 spiro atoms. The predicted octanol–water partition coefficient (Wildman–Crippen LogP) is 2.61. The highest BCUT2D eigenvalue weighted by Gasteiger charge is 2.23. The number of carbonyl (C=O) groups excluding carboxylic acids is 1. The van der Waals surface area contributed by atoms with Gasteiger partial charge in [-0.3, -0.25) is 4.90 Å². The first-order chi connectivity index (χ1) is 7.16. The Bertz CT molecular complexity index is 251. The molecule has 0 bridgehead atoms. The van der Waals surface area contributed by atoms with E-state index in [0.29, 0.717) is 18.2 Å². The summed E-state index contributed by atoms with van der Waals surface area (Å²) in [6.07, 6.45) is 0. The second-order valence-electron chi connectivity index (χ2n) is 5.37. The molecule has 0 aromatic rings. The molecule has 0 fully saturated rings. The lowest BCUT2D eigenvalue weighted by Gasteiger charge is -2.38. The zero-order valence-corrected chi connectivity index (χ0v) is 11.5. The van der Waals surface area contributed by atoms with E-state index in [0.717, 1.165) is 6.54 Å². The van der Waals surface area contributed by atoms with Gasteiger partial charge in [0.05, 0.1) is 0 Å². The van der Waals surface area contributed by atoms with Crippen LogP contribution < -0.4 is 0 Å². The van der Waals surface area contributed by atoms with Crippen molar-refractivity contribution in [1.82, 2.24) is 4.90 Å². The van der Waals surface area contributed by atoms with Crippen molar-refractivity contribution in [3.63, 3.8) is 0 Å². The van der Waals surface area contributed by atoms with Crippen LogP contribution in [0.4, 0.5) is 0 Å². The molecule has 0 aliphatic heterocycles. The predicted molar refractivity (Wildman–Crippen MR) is 67.4 cm³/mol. The molecular weight excluding hydrogens is 202 g/mol. The van der Waals surface area contributed by atoms with Gasteiger partial charge in [-0.05, 0) is 41.5 Å². The van der Waals surface area contributed by atoms with Gasteiger partial charge in [-0.1, -0.05) is 6.58 Å². The Hall–Kier alpha value is -0.830. The van der Waals surface area contributed by atoms with Crippen LogP contribution in [0.5, 0.6) is 0 Å². The number of hydrogen-bond donors (Lipinski definition) is 0. The molecule has 16 heavy (non-hydrogen) atoms. The molecule has 0 heterocycles. The van der Waals surface area contributed by atoms with E-state index < -0.39 is 0 Å². The molecular formula is C13H25NO2. The largest absolute Gasteiger partial charge is 0.461 e. The van der Waals surface area contributed by atoms with Gasteiger partial charge in [0.25, 0.3) is 0 Å². The van der Waals surface area contributed by atoms with E-state index in [9.17, 15) is 4.79 Å². The van der Waals surface area contributed by atoms with Crippen LogP contribution in [0.1, 0.15) is 41.5 Å². The maximum absolute atomic E-state index is 11.2. The van der Waals surface area contributed by atoms with Crippen LogP contribution in [0.15, 0.2) is 12.2 Å². The normalized spacial score (nSPS) is 12.0. The summed E-state index contributed by atoms with van der Waals surface area (Å²) in [7, 11) is 0. The first-order valence-electron chi connectivity index (χ1n) is 5.75. The molecule has 3 nitrogen and oxygen atoms in total. The Morgan fingerprint density at radius 1 is 1.38 bits per heavy atom. The number of hydrogen-bond acceptors (Lipinski definition) is 3. The van der Waals surface area contributed by atoms with E-state index in [1.54, 1.807) is 6.92 Å². The summed E-state index contributed by atoms with van der Waals surface area (Å²) in [5.74, 6) is -0.308. The summed E-state index contributed by atoms with van der Waals surface area (Å²) in [6.45, 7) is 17.1. The highest BCUT2D eigenvalue weighted by molar-refractivity contribution is 5.86. The third kappa shape index (κ3) is 5.31. The first kappa shape index (κ1) is 15.2. The minimum Gasteiger partial charge on any atom is -0.461 e. The zero-order chi connectivity index (χ0) is 12.9. The average Bonchev–Trinajstić information content (AvgIpc) is 2.08. The first-order valence-corrected chi connectivity index (χ1v) is 5.75. The molecule has 0 atom stereocenters. The summed E-state index contributed by atoms with van der Waals surface area (Å²) in [5, 5.41) is 0. The molecule has 0 N–H and O–H groups in total. The lowest BCUT2D eigenvalue weighted by Crippen LogP contribution is -2.47. The van der Waals surface area contributed by atoms with E-state index in [2.05, 4.69) is 46.1 Å². The van der Waals surface area contributed by atoms with Crippen LogP contribution >= 0.6 is 0 Å². The quantitative estimate of drug-likeness (QED) is 0.534. The van der Waals surface area contributed by atoms with Gasteiger partial charge < -0.3 is 4.74 Å². The van der Waals surface area contributed by atoms with Gasteiger partial charge in [0.1, 0.15) is 6.61 Å². The fraction of sp³-hybridized carbons (Fsp3) is 0.769. The Kier molecular flexibility index (Phi) is 5.73. The summed E-state index contributed by atoms with van der Waals surface area (Å²) in [5.41, 5.74) is 0.538. The van der Waals surface area contributed by atoms with Crippen molar-refractivity contribution >= 4 is 5.97 Å². The van der Waals surface area contributed by atoms with Gasteiger partial charge in [0, 0.05) is 23.7 Å². The van der Waals surface area contributed by atoms with Crippen molar-refractivity contribution in [3.05, 3.63) is 12.2 Å². The third-order valence-corrected chi connectivity index (χ3v) is 2.40. The number of rotatable bonds is 5. The Morgan fingerprint density at radius 2 is 1.88 bits per heavy atom. The monoisotopic (exact) mass is 227 g/mol. The standard InChI is InChI=1S/C13H25NO2/c1-10(2)12(15)16-9-8-14(11(3)4)13(5,6)7/h11H,1,8-9H2,2-7H3. The minimum atomic E-state index is -0.308. The van der Waals surface area contributed by atoms with Gasteiger partial charge in [-0.15, -0.1) is 0 Å². The molecule has 0 aliphatic carbocycles. The number of carbonyl (C=O) groups is 1. The van der Waals surface area contributed by atoms with Gasteiger partial charge in [0.2, 0.25) is 0 Å². The van der Waals surface area contributed by atoms with Crippen LogP contribution in [0.25, 0.3) is 0 Å². The second kappa shape index (κ2) is 6.04. The molecule has 0 aromatic carbocycles. The van der Waals surface area contributed by atoms with Gasteiger partial charge in [-0.2, -0.15) is 0 Å². The topological polar surface area (TPSA) is 29.5 Å². The zero-order valence-electron chi connectivity index (χ0n) is 11.5. The Balaban J connectivity index is 4.15. The third-order valence-electron chi connectivity index (χ3n) is 2.40. The van der Waals surface area contributed by atoms with Crippen molar-refractivity contribution in [2.75, 3.05) is 13.2 Å². The van der Waals surface area contributed by atoms with E-state index in [-0.39, 0.29) is 11.5 Å². The van der Waals surface area contributed by atoms with Crippen LogP contribution in [-0.4, -0.2) is 35.6 Å². The van der Waals surface area contributed by atoms with Crippen molar-refractivity contribution in [3.8, 4) is 0 Å². The fourth-order valence-electron chi connectivity index (χ4n) is 1.73. The lowest BCUT2D eigenvalue weighted by molar-refractivity contribution is -0.139. The molecule has 0 saturated carbocycles. The Morgan fingerprint density at radius 3 is 2.19 bits per heavy atom. The van der Waals surface area contributed by atoms with Crippen LogP contribution in [0.2, 0.25) is 0 Å². The molecule has 0 amide bonds. The fourth-order valence-corrected chi connectivity index (χ4v) is 1.73. The average molecular weight is 227 g/mol. The number of esters is 1. The van der Waals surface area contributed by atoms with E-state index >= 15 is 0 Å². The number of nitrogens with zero attached hydrogens (tertiary/aromatic N) is 1. The van der Waals surface area contributed by atoms with Gasteiger partial charge in [-0.25, -0.2) is 4.79 Å². The maximum Gasteiger partial charge on any atom is 0.333 e. The van der Waals surface area contributed by atoms with Crippen molar-refractivity contribution in [2.24, 2.45) is 0 Å². The van der Waals surface area contributed by atoms with Crippen molar-refractivity contribution in [2.45, 2.75) is 53.1 Å². The van der Waals surface area contributed by atoms with E-state index in [1.807, 2.05) is 0 Å².